The molecule has 0 aliphatic rings. The van der Waals surface area contributed by atoms with Crippen LogP contribution in [0.2, 0.25) is 0 Å². The van der Waals surface area contributed by atoms with Crippen LogP contribution < -0.4 is 4.31 Å². The van der Waals surface area contributed by atoms with Gasteiger partial charge in [0.05, 0.1) is 17.3 Å². The maximum absolute atomic E-state index is 13.1. The molecule has 0 saturated heterocycles. The van der Waals surface area contributed by atoms with Crippen LogP contribution in [0.1, 0.15) is 5.56 Å². The Labute approximate surface area is 84.1 Å². The van der Waals surface area contributed by atoms with Crippen molar-refractivity contribution in [1.29, 1.82) is 5.26 Å². The smallest absolute Gasteiger partial charge is 0.258 e. The maximum Gasteiger partial charge on any atom is 0.324 e. The lowest BCUT2D eigenvalue weighted by Crippen LogP contribution is -2.18. The highest BCUT2D eigenvalue weighted by Gasteiger charge is 2.16. The first-order chi connectivity index (χ1) is 6.56. The number of nitrogens with zero attached hydrogens (tertiary/aromatic N) is 2. The van der Waals surface area contributed by atoms with Gasteiger partial charge < -0.3 is 0 Å². The first-order valence-corrected chi connectivity index (χ1v) is 3.92. The molecule has 0 unspecified atom stereocenters. The molecule has 0 atom stereocenters. The zero-order valence-electron chi connectivity index (χ0n) is 6.78. The van der Waals surface area contributed by atoms with Crippen molar-refractivity contribution in [3.63, 3.8) is 0 Å². The van der Waals surface area contributed by atoms with Gasteiger partial charge in [0.15, 0.2) is 0 Å². The van der Waals surface area contributed by atoms with Crippen LogP contribution in [-0.4, -0.2) is 6.55 Å². The van der Waals surface area contributed by atoms with Gasteiger partial charge >= 0.3 is 6.55 Å². The van der Waals surface area contributed by atoms with Crippen molar-refractivity contribution >= 4 is 18.5 Å². The summed E-state index contributed by atoms with van der Waals surface area (Å²) in [6.45, 7) is -2.90. The fourth-order valence-corrected chi connectivity index (χ4v) is 1.03. The van der Waals surface area contributed by atoms with Gasteiger partial charge in [0, 0.05) is 0 Å². The summed E-state index contributed by atoms with van der Waals surface area (Å²) >= 11 is 3.41. The fourth-order valence-electron chi connectivity index (χ4n) is 0.867. The Morgan fingerprint density at radius 1 is 1.43 bits per heavy atom. The number of benzene rings is 1. The third-order valence-corrected chi connectivity index (χ3v) is 1.90. The Hall–Kier alpha value is -1.35. The minimum Gasteiger partial charge on any atom is -0.258 e. The van der Waals surface area contributed by atoms with Gasteiger partial charge in [0.1, 0.15) is 5.82 Å². The second-order valence-electron chi connectivity index (χ2n) is 2.40. The van der Waals surface area contributed by atoms with Gasteiger partial charge in [-0.2, -0.15) is 14.0 Å². The molecular weight excluding hydrogens is 213 g/mol. The number of thiol groups is 1. The van der Waals surface area contributed by atoms with Gasteiger partial charge in [-0.25, -0.2) is 4.39 Å². The van der Waals surface area contributed by atoms with E-state index in [1.54, 1.807) is 6.07 Å². The van der Waals surface area contributed by atoms with E-state index in [9.17, 15) is 13.2 Å². The van der Waals surface area contributed by atoms with Crippen LogP contribution in [-0.2, 0) is 0 Å². The summed E-state index contributed by atoms with van der Waals surface area (Å²) in [5.41, 5.74) is -0.287. The monoisotopic (exact) mass is 218 g/mol. The number of hydrogen-bond acceptors (Lipinski definition) is 3. The first kappa shape index (κ1) is 10.7. The molecule has 0 aliphatic carbocycles. The summed E-state index contributed by atoms with van der Waals surface area (Å²) < 4.78 is 37.5. The second kappa shape index (κ2) is 4.24. The molecule has 6 heteroatoms. The fraction of sp³-hybridized carbons (Fsp3) is 0.125. The average Bonchev–Trinajstić information content (AvgIpc) is 2.16. The lowest BCUT2D eigenvalue weighted by molar-refractivity contribution is 0.164. The molecule has 0 heterocycles. The highest BCUT2D eigenvalue weighted by atomic mass is 32.1. The minimum atomic E-state index is -2.90. The van der Waals surface area contributed by atoms with Crippen molar-refractivity contribution in [3.8, 4) is 6.07 Å². The van der Waals surface area contributed by atoms with Gasteiger partial charge in [-0.05, 0) is 18.2 Å². The van der Waals surface area contributed by atoms with Crippen molar-refractivity contribution < 1.29 is 13.2 Å². The van der Waals surface area contributed by atoms with Gasteiger partial charge in [-0.1, -0.05) is 12.8 Å². The molecule has 0 saturated carbocycles. The number of hydrogen-bond donors (Lipinski definition) is 1. The molecule has 1 aromatic rings. The molecule has 0 spiro atoms. The van der Waals surface area contributed by atoms with Crippen molar-refractivity contribution in [1.82, 2.24) is 0 Å². The number of halogens is 3. The van der Waals surface area contributed by atoms with Crippen molar-refractivity contribution in [2.24, 2.45) is 0 Å². The number of alkyl halides is 2. The van der Waals surface area contributed by atoms with E-state index >= 15 is 0 Å². The summed E-state index contributed by atoms with van der Waals surface area (Å²) in [5.74, 6) is -0.903. The van der Waals surface area contributed by atoms with Crippen LogP contribution in [0.25, 0.3) is 0 Å². The second-order valence-corrected chi connectivity index (χ2v) is 2.83. The topological polar surface area (TPSA) is 27.0 Å². The van der Waals surface area contributed by atoms with Crippen LogP contribution in [0.15, 0.2) is 18.2 Å². The van der Waals surface area contributed by atoms with Crippen LogP contribution in [0.5, 0.6) is 0 Å². The third-order valence-electron chi connectivity index (χ3n) is 1.51. The summed E-state index contributed by atoms with van der Waals surface area (Å²) in [5, 5.41) is 8.40. The molecule has 0 radical (unpaired) electrons. The van der Waals surface area contributed by atoms with Gasteiger partial charge in [0.2, 0.25) is 0 Å². The van der Waals surface area contributed by atoms with Crippen molar-refractivity contribution in [2.75, 3.05) is 4.31 Å². The summed E-state index contributed by atoms with van der Waals surface area (Å²) in [6.07, 6.45) is 0. The molecule has 0 N–H and O–H groups in total. The van der Waals surface area contributed by atoms with Gasteiger partial charge in [-0.15, -0.1) is 0 Å². The predicted molar refractivity (Wildman–Crippen MR) is 48.6 cm³/mol. The normalized spacial score (nSPS) is 10.0. The molecule has 14 heavy (non-hydrogen) atoms. The Kier molecular flexibility index (Phi) is 3.25. The highest BCUT2D eigenvalue weighted by Crippen LogP contribution is 2.24. The Balaban J connectivity index is 3.07. The standard InChI is InChI=1S/C8H5F3N2S/c9-6-3-5(4-12)1-2-7(6)13(14)8(10)11/h1-3,8,14H. The summed E-state index contributed by atoms with van der Waals surface area (Å²) in [4.78, 5) is 0. The molecule has 0 fully saturated rings. The highest BCUT2D eigenvalue weighted by molar-refractivity contribution is 7.81. The SMILES string of the molecule is N#Cc1ccc(N(S)C(F)F)c(F)c1. The predicted octanol–water partition coefficient (Wildman–Crippen LogP) is 2.57. The lowest BCUT2D eigenvalue weighted by Gasteiger charge is -2.16. The van der Waals surface area contributed by atoms with E-state index in [-0.39, 0.29) is 15.6 Å². The number of rotatable bonds is 2. The maximum atomic E-state index is 13.1. The molecule has 1 aromatic carbocycles. The Morgan fingerprint density at radius 2 is 2.07 bits per heavy atom. The van der Waals surface area contributed by atoms with E-state index < -0.39 is 12.4 Å². The number of anilines is 1. The zero-order chi connectivity index (χ0) is 10.7. The molecule has 1 rings (SSSR count). The molecular formula is C8H5F3N2S. The van der Waals surface area contributed by atoms with Gasteiger partial charge in [-0.3, -0.25) is 4.31 Å². The minimum absolute atomic E-state index is 0.0715. The molecule has 74 valence electrons. The van der Waals surface area contributed by atoms with E-state index in [2.05, 4.69) is 12.8 Å². The molecule has 0 amide bonds. The van der Waals surface area contributed by atoms with E-state index in [0.29, 0.717) is 0 Å². The average molecular weight is 218 g/mol. The van der Waals surface area contributed by atoms with Gasteiger partial charge in [0.25, 0.3) is 0 Å². The Bertz CT molecular complexity index is 375. The third kappa shape index (κ3) is 2.12. The Morgan fingerprint density at radius 3 is 2.50 bits per heavy atom. The summed E-state index contributed by atoms with van der Waals surface area (Å²) in [7, 11) is 0. The quantitative estimate of drug-likeness (QED) is 0.610. The molecule has 0 bridgehead atoms. The van der Waals surface area contributed by atoms with Crippen LogP contribution in [0, 0.1) is 17.1 Å². The van der Waals surface area contributed by atoms with Crippen LogP contribution >= 0.6 is 12.8 Å². The lowest BCUT2D eigenvalue weighted by atomic mass is 10.2. The summed E-state index contributed by atoms with van der Waals surface area (Å²) in [6, 6.07) is 4.88. The van der Waals surface area contributed by atoms with Crippen molar-refractivity contribution in [2.45, 2.75) is 6.55 Å². The molecule has 2 nitrogen and oxygen atoms in total. The van der Waals surface area contributed by atoms with E-state index in [1.165, 1.54) is 6.07 Å². The van der Waals surface area contributed by atoms with Crippen molar-refractivity contribution in [3.05, 3.63) is 29.6 Å². The van der Waals surface area contributed by atoms with E-state index in [1.807, 2.05) is 0 Å². The van der Waals surface area contributed by atoms with E-state index in [0.717, 1.165) is 12.1 Å². The number of nitriles is 1. The van der Waals surface area contributed by atoms with Crippen LogP contribution in [0.4, 0.5) is 18.9 Å². The molecule has 0 aliphatic heterocycles. The largest absolute Gasteiger partial charge is 0.324 e. The van der Waals surface area contributed by atoms with E-state index in [4.69, 9.17) is 5.26 Å². The first-order valence-electron chi connectivity index (χ1n) is 3.52. The zero-order valence-corrected chi connectivity index (χ0v) is 7.68. The molecule has 0 aromatic heterocycles. The van der Waals surface area contributed by atoms with Crippen LogP contribution in [0.3, 0.4) is 0 Å².